The number of rotatable bonds is 7. The lowest BCUT2D eigenvalue weighted by atomic mass is 10.1. The van der Waals surface area contributed by atoms with Crippen LogP contribution in [0.4, 0.5) is 23.9 Å². The van der Waals surface area contributed by atoms with E-state index in [4.69, 9.17) is 9.47 Å². The molecule has 0 radical (unpaired) electrons. The topological polar surface area (TPSA) is 99.6 Å². The number of fused-ring (bicyclic) bond motifs is 1. The van der Waals surface area contributed by atoms with Gasteiger partial charge in [-0.25, -0.2) is 14.6 Å². The highest BCUT2D eigenvalue weighted by Crippen LogP contribution is 2.35. The van der Waals surface area contributed by atoms with E-state index < -0.39 is 24.1 Å². The number of ether oxygens (including phenoxy) is 3. The maximum Gasteiger partial charge on any atom is 0.573 e. The maximum atomic E-state index is 12.7. The van der Waals surface area contributed by atoms with Crippen molar-refractivity contribution >= 4 is 44.9 Å². The number of hydrogen-bond acceptors (Lipinski definition) is 9. The summed E-state index contributed by atoms with van der Waals surface area (Å²) >= 11 is 1.05. The normalized spacial score (nSPS) is 11.3. The van der Waals surface area contributed by atoms with Gasteiger partial charge in [0.05, 0.1) is 29.9 Å². The van der Waals surface area contributed by atoms with Gasteiger partial charge in [-0.15, -0.1) is 24.5 Å². The third-order valence-electron chi connectivity index (χ3n) is 3.84. The van der Waals surface area contributed by atoms with Crippen LogP contribution in [-0.2, 0) is 9.47 Å². The highest BCUT2D eigenvalue weighted by atomic mass is 32.1. The molecule has 0 aliphatic heterocycles. The van der Waals surface area contributed by atoms with Gasteiger partial charge in [-0.05, 0) is 32.0 Å². The van der Waals surface area contributed by atoms with Crippen LogP contribution < -0.4 is 10.1 Å². The lowest BCUT2D eigenvalue weighted by Gasteiger charge is -2.15. The Bertz CT molecular complexity index is 1120. The summed E-state index contributed by atoms with van der Waals surface area (Å²) in [6, 6.07) is 3.51. The van der Waals surface area contributed by atoms with Gasteiger partial charge in [-0.3, -0.25) is 4.98 Å². The van der Waals surface area contributed by atoms with Gasteiger partial charge >= 0.3 is 18.3 Å². The molecule has 0 saturated heterocycles. The largest absolute Gasteiger partial charge is 0.573 e. The molecule has 0 saturated carbocycles. The van der Waals surface area contributed by atoms with E-state index in [1.54, 1.807) is 13.8 Å². The van der Waals surface area contributed by atoms with Gasteiger partial charge in [0.2, 0.25) is 0 Å². The fourth-order valence-corrected chi connectivity index (χ4v) is 3.33. The second kappa shape index (κ2) is 9.16. The molecule has 3 aromatic rings. The fraction of sp³-hybridized carbons (Fsp3) is 0.263. The van der Waals surface area contributed by atoms with E-state index in [1.165, 1.54) is 17.8 Å². The Morgan fingerprint density at radius 1 is 1.10 bits per heavy atom. The summed E-state index contributed by atoms with van der Waals surface area (Å²) in [6.45, 7) is 3.44. The maximum absolute atomic E-state index is 12.7. The Morgan fingerprint density at radius 2 is 1.81 bits per heavy atom. The van der Waals surface area contributed by atoms with Gasteiger partial charge in [0.25, 0.3) is 0 Å². The first kappa shape index (κ1) is 22.3. The minimum Gasteiger partial charge on any atom is -0.462 e. The van der Waals surface area contributed by atoms with Gasteiger partial charge in [0.15, 0.2) is 5.69 Å². The van der Waals surface area contributed by atoms with Crippen molar-refractivity contribution in [2.24, 2.45) is 0 Å². The quantitative estimate of drug-likeness (QED) is 0.513. The molecule has 0 aliphatic rings. The second-order valence-electron chi connectivity index (χ2n) is 5.87. The highest BCUT2D eigenvalue weighted by molar-refractivity contribution is 7.14. The van der Waals surface area contributed by atoms with Gasteiger partial charge in [0.1, 0.15) is 16.3 Å². The van der Waals surface area contributed by atoms with Gasteiger partial charge in [-0.1, -0.05) is 0 Å². The molecular weight excluding hydrogens is 439 g/mol. The number of nitrogens with zero attached hydrogens (tertiary/aromatic N) is 2. The number of nitrogens with one attached hydrogen (secondary N) is 1. The zero-order valence-electron chi connectivity index (χ0n) is 16.3. The first-order valence-corrected chi connectivity index (χ1v) is 9.84. The third-order valence-corrected chi connectivity index (χ3v) is 4.59. The zero-order valence-corrected chi connectivity index (χ0v) is 17.1. The number of anilines is 2. The summed E-state index contributed by atoms with van der Waals surface area (Å²) in [6.07, 6.45) is -3.67. The molecule has 0 unspecified atom stereocenters. The van der Waals surface area contributed by atoms with Crippen LogP contribution in [0.5, 0.6) is 5.75 Å². The molecule has 8 nitrogen and oxygen atoms in total. The molecule has 0 spiro atoms. The summed E-state index contributed by atoms with van der Waals surface area (Å²) in [5.74, 6) is -1.94. The molecule has 1 aromatic carbocycles. The molecule has 1 N–H and O–H groups in total. The van der Waals surface area contributed by atoms with E-state index in [0.717, 1.165) is 23.5 Å². The Kier molecular flexibility index (Phi) is 6.59. The number of carbonyl (C=O) groups excluding carboxylic acids is 2. The Morgan fingerprint density at radius 3 is 2.48 bits per heavy atom. The molecule has 0 aliphatic carbocycles. The molecule has 2 aromatic heterocycles. The molecule has 0 bridgehead atoms. The van der Waals surface area contributed by atoms with Crippen molar-refractivity contribution in [1.82, 2.24) is 9.97 Å². The summed E-state index contributed by atoms with van der Waals surface area (Å²) in [4.78, 5) is 32.7. The SMILES string of the molecule is CCOC(=O)c1cnc2ccc(OC(F)(F)F)cc2c1Nc1scnc1C(=O)OCC. The van der Waals surface area contributed by atoms with Crippen molar-refractivity contribution in [1.29, 1.82) is 0 Å². The summed E-state index contributed by atoms with van der Waals surface area (Å²) in [7, 11) is 0. The Labute approximate surface area is 178 Å². The van der Waals surface area contributed by atoms with E-state index in [0.29, 0.717) is 0 Å². The number of carbonyl (C=O) groups is 2. The van der Waals surface area contributed by atoms with E-state index >= 15 is 0 Å². The van der Waals surface area contributed by atoms with Crippen LogP contribution in [0, 0.1) is 0 Å². The predicted molar refractivity (Wildman–Crippen MR) is 106 cm³/mol. The van der Waals surface area contributed by atoms with Crippen molar-refractivity contribution in [3.8, 4) is 5.75 Å². The second-order valence-corrected chi connectivity index (χ2v) is 6.72. The van der Waals surface area contributed by atoms with Crippen LogP contribution in [0.2, 0.25) is 0 Å². The molecule has 2 heterocycles. The van der Waals surface area contributed by atoms with E-state index in [9.17, 15) is 22.8 Å². The fourth-order valence-electron chi connectivity index (χ4n) is 2.66. The summed E-state index contributed by atoms with van der Waals surface area (Å²) in [5.41, 5.74) is 1.69. The minimum absolute atomic E-state index is 0.0330. The Hall–Kier alpha value is -3.41. The lowest BCUT2D eigenvalue weighted by Crippen LogP contribution is -2.17. The van der Waals surface area contributed by atoms with Crippen LogP contribution in [-0.4, -0.2) is 41.5 Å². The third kappa shape index (κ3) is 5.20. The number of hydrogen-bond donors (Lipinski definition) is 1. The van der Waals surface area contributed by atoms with Crippen LogP contribution in [0.3, 0.4) is 0 Å². The molecule has 164 valence electrons. The number of aromatic nitrogens is 2. The monoisotopic (exact) mass is 455 g/mol. The van der Waals surface area contributed by atoms with Gasteiger partial charge in [0, 0.05) is 11.6 Å². The summed E-state index contributed by atoms with van der Waals surface area (Å²) < 4.78 is 52.0. The number of thiazole rings is 1. The molecule has 0 fully saturated rings. The predicted octanol–water partition coefficient (Wildman–Crippen LogP) is 4.69. The van der Waals surface area contributed by atoms with Crippen LogP contribution in [0.15, 0.2) is 29.9 Å². The van der Waals surface area contributed by atoms with E-state index in [-0.39, 0.29) is 46.1 Å². The Balaban J connectivity index is 2.15. The molecule has 0 amide bonds. The highest BCUT2D eigenvalue weighted by Gasteiger charge is 2.31. The first-order valence-electron chi connectivity index (χ1n) is 8.96. The minimum atomic E-state index is -4.90. The molecule has 12 heteroatoms. The number of pyridine rings is 1. The number of benzene rings is 1. The summed E-state index contributed by atoms with van der Waals surface area (Å²) in [5, 5.41) is 3.29. The number of halogens is 3. The van der Waals surface area contributed by atoms with Crippen LogP contribution in [0.25, 0.3) is 10.9 Å². The first-order chi connectivity index (χ1) is 14.7. The average molecular weight is 455 g/mol. The van der Waals surface area contributed by atoms with E-state index in [2.05, 4.69) is 20.0 Å². The number of alkyl halides is 3. The molecule has 0 atom stereocenters. The standard InChI is InChI=1S/C19H16F3N3O5S/c1-3-28-17(26)12-8-23-13-6-5-10(30-19(20,21)22)7-11(13)14(12)25-16-15(24-9-31-16)18(27)29-4-2/h5-9H,3-4H2,1-2H3,(H,23,25). The molecular formula is C19H16F3N3O5S. The van der Waals surface area contributed by atoms with Gasteiger partial charge in [-0.2, -0.15) is 0 Å². The van der Waals surface area contributed by atoms with Crippen molar-refractivity contribution in [2.45, 2.75) is 20.2 Å². The van der Waals surface area contributed by atoms with Crippen molar-refractivity contribution < 1.29 is 37.0 Å². The van der Waals surface area contributed by atoms with Crippen molar-refractivity contribution in [3.63, 3.8) is 0 Å². The zero-order chi connectivity index (χ0) is 22.6. The van der Waals surface area contributed by atoms with Crippen LogP contribution >= 0.6 is 11.3 Å². The average Bonchev–Trinajstić information content (AvgIpc) is 3.16. The lowest BCUT2D eigenvalue weighted by molar-refractivity contribution is -0.274. The van der Waals surface area contributed by atoms with Crippen molar-refractivity contribution in [2.75, 3.05) is 18.5 Å². The van der Waals surface area contributed by atoms with Gasteiger partial charge < -0.3 is 19.5 Å². The van der Waals surface area contributed by atoms with Crippen molar-refractivity contribution in [3.05, 3.63) is 41.2 Å². The smallest absolute Gasteiger partial charge is 0.462 e. The van der Waals surface area contributed by atoms with E-state index in [1.807, 2.05) is 0 Å². The number of esters is 2. The molecule has 31 heavy (non-hydrogen) atoms. The molecule has 3 rings (SSSR count). The van der Waals surface area contributed by atoms with Crippen LogP contribution in [0.1, 0.15) is 34.7 Å².